The Morgan fingerprint density at radius 1 is 0.969 bits per heavy atom. The fraction of sp³-hybridized carbons (Fsp3) is 0.273. The van der Waals surface area contributed by atoms with Crippen LogP contribution in [0.4, 0.5) is 24.8 Å². The number of para-hydroxylation sites is 1. The van der Waals surface area contributed by atoms with Crippen molar-refractivity contribution in [3.05, 3.63) is 66.5 Å². The summed E-state index contributed by atoms with van der Waals surface area (Å²) in [5.74, 6) is 0.474. The number of pyridine rings is 1. The first kappa shape index (κ1) is 20.2. The van der Waals surface area contributed by atoms with Crippen molar-refractivity contribution in [3.63, 3.8) is 0 Å². The number of aromatic nitrogens is 5. The van der Waals surface area contributed by atoms with Gasteiger partial charge in [0, 0.05) is 36.6 Å². The van der Waals surface area contributed by atoms with E-state index in [-0.39, 0.29) is 17.3 Å². The number of hydrogen-bond donors (Lipinski definition) is 1. The van der Waals surface area contributed by atoms with Crippen LogP contribution in [0.3, 0.4) is 0 Å². The Kier molecular flexibility index (Phi) is 5.12. The van der Waals surface area contributed by atoms with E-state index in [2.05, 4.69) is 42.6 Å². The van der Waals surface area contributed by atoms with Crippen LogP contribution in [0.2, 0.25) is 0 Å². The molecule has 5 rings (SSSR count). The van der Waals surface area contributed by atoms with E-state index in [4.69, 9.17) is 0 Å². The molecule has 1 fully saturated rings. The standard InChI is InChI=1S/C22H20F3N7/c23-22(24,25)18-7-4-10-26-20(18)15-13-19-29-30-21(32(19)27-14-15)28-16-8-11-31(12-9-16)17-5-2-1-3-6-17/h1-7,10,13-14,16H,8-9,11-12H2,(H,28,30). The summed E-state index contributed by atoms with van der Waals surface area (Å²) in [6.07, 6.45) is 0.0186. The van der Waals surface area contributed by atoms with E-state index >= 15 is 0 Å². The highest BCUT2D eigenvalue weighted by Crippen LogP contribution is 2.35. The van der Waals surface area contributed by atoms with Gasteiger partial charge in [-0.25, -0.2) is 0 Å². The zero-order valence-electron chi connectivity index (χ0n) is 17.0. The smallest absolute Gasteiger partial charge is 0.371 e. The second kappa shape index (κ2) is 8.10. The lowest BCUT2D eigenvalue weighted by Gasteiger charge is -2.33. The van der Waals surface area contributed by atoms with Gasteiger partial charge in [0.2, 0.25) is 5.95 Å². The van der Waals surface area contributed by atoms with Gasteiger partial charge in [0.15, 0.2) is 5.65 Å². The molecule has 32 heavy (non-hydrogen) atoms. The van der Waals surface area contributed by atoms with Gasteiger partial charge in [-0.3, -0.25) is 4.98 Å². The highest BCUT2D eigenvalue weighted by atomic mass is 19.4. The maximum atomic E-state index is 13.3. The van der Waals surface area contributed by atoms with Crippen molar-refractivity contribution in [2.75, 3.05) is 23.3 Å². The number of hydrogen-bond acceptors (Lipinski definition) is 6. The predicted molar refractivity (Wildman–Crippen MR) is 114 cm³/mol. The minimum Gasteiger partial charge on any atom is -0.371 e. The molecule has 4 heterocycles. The summed E-state index contributed by atoms with van der Waals surface area (Å²) in [6.45, 7) is 1.83. The molecule has 164 valence electrons. The number of benzene rings is 1. The van der Waals surface area contributed by atoms with Crippen LogP contribution < -0.4 is 10.2 Å². The third-order valence-corrected chi connectivity index (χ3v) is 5.60. The molecule has 1 aliphatic heterocycles. The average molecular weight is 439 g/mol. The summed E-state index contributed by atoms with van der Waals surface area (Å²) >= 11 is 0. The number of nitrogens with zero attached hydrogens (tertiary/aromatic N) is 6. The van der Waals surface area contributed by atoms with Gasteiger partial charge in [0.25, 0.3) is 0 Å². The van der Waals surface area contributed by atoms with E-state index in [9.17, 15) is 13.2 Å². The summed E-state index contributed by atoms with van der Waals surface area (Å²) in [7, 11) is 0. The summed E-state index contributed by atoms with van der Waals surface area (Å²) in [4.78, 5) is 6.26. The molecule has 0 unspecified atom stereocenters. The quantitative estimate of drug-likeness (QED) is 0.512. The molecule has 0 amide bonds. The van der Waals surface area contributed by atoms with Gasteiger partial charge in [0.1, 0.15) is 0 Å². The minimum absolute atomic E-state index is 0.180. The van der Waals surface area contributed by atoms with Crippen LogP contribution in [-0.2, 0) is 6.18 Å². The Morgan fingerprint density at radius 3 is 2.50 bits per heavy atom. The number of piperidine rings is 1. The van der Waals surface area contributed by atoms with Crippen LogP contribution in [0.15, 0.2) is 60.9 Å². The van der Waals surface area contributed by atoms with Crippen LogP contribution in [0.1, 0.15) is 18.4 Å². The lowest BCUT2D eigenvalue weighted by Crippen LogP contribution is -2.39. The van der Waals surface area contributed by atoms with Gasteiger partial charge >= 0.3 is 6.18 Å². The van der Waals surface area contributed by atoms with Crippen LogP contribution in [-0.4, -0.2) is 43.9 Å². The Morgan fingerprint density at radius 2 is 1.75 bits per heavy atom. The lowest BCUT2D eigenvalue weighted by atomic mass is 10.0. The molecule has 0 aliphatic carbocycles. The fourth-order valence-electron chi connectivity index (χ4n) is 3.98. The summed E-state index contributed by atoms with van der Waals surface area (Å²) < 4.78 is 41.5. The number of anilines is 2. The van der Waals surface area contributed by atoms with E-state index in [1.807, 2.05) is 18.2 Å². The van der Waals surface area contributed by atoms with Crippen molar-refractivity contribution in [2.45, 2.75) is 25.1 Å². The molecule has 1 aliphatic rings. The molecule has 1 N–H and O–H groups in total. The molecule has 0 atom stereocenters. The number of nitrogens with one attached hydrogen (secondary N) is 1. The Balaban J connectivity index is 1.33. The largest absolute Gasteiger partial charge is 0.418 e. The topological polar surface area (TPSA) is 71.2 Å². The molecular formula is C22H20F3N7. The molecule has 1 saturated heterocycles. The first-order chi connectivity index (χ1) is 15.5. The zero-order valence-corrected chi connectivity index (χ0v) is 17.0. The van der Waals surface area contributed by atoms with Crippen molar-refractivity contribution in [3.8, 4) is 11.3 Å². The summed E-state index contributed by atoms with van der Waals surface area (Å²) in [6, 6.07) is 14.3. The van der Waals surface area contributed by atoms with Crippen LogP contribution in [0, 0.1) is 0 Å². The highest BCUT2D eigenvalue weighted by molar-refractivity contribution is 5.67. The van der Waals surface area contributed by atoms with Gasteiger partial charge in [-0.2, -0.15) is 22.8 Å². The SMILES string of the molecule is FC(F)(F)c1cccnc1-c1cnn2c(NC3CCN(c4ccccc4)CC3)nnc2c1. The van der Waals surface area contributed by atoms with Crippen molar-refractivity contribution in [2.24, 2.45) is 0 Å². The van der Waals surface area contributed by atoms with E-state index in [1.54, 1.807) is 0 Å². The van der Waals surface area contributed by atoms with Crippen molar-refractivity contribution in [1.29, 1.82) is 0 Å². The maximum Gasteiger partial charge on any atom is 0.418 e. The Hall–Kier alpha value is -3.69. The number of halogens is 3. The van der Waals surface area contributed by atoms with E-state index in [1.165, 1.54) is 34.7 Å². The van der Waals surface area contributed by atoms with Crippen molar-refractivity contribution in [1.82, 2.24) is 24.8 Å². The lowest BCUT2D eigenvalue weighted by molar-refractivity contribution is -0.137. The predicted octanol–water partition coefficient (Wildman–Crippen LogP) is 4.29. The number of alkyl halides is 3. The van der Waals surface area contributed by atoms with E-state index in [0.717, 1.165) is 32.0 Å². The van der Waals surface area contributed by atoms with E-state index in [0.29, 0.717) is 11.6 Å². The molecular weight excluding hydrogens is 419 g/mol. The van der Waals surface area contributed by atoms with Crippen molar-refractivity contribution >= 4 is 17.3 Å². The van der Waals surface area contributed by atoms with Crippen LogP contribution in [0.25, 0.3) is 16.9 Å². The first-order valence-corrected chi connectivity index (χ1v) is 10.3. The fourth-order valence-corrected chi connectivity index (χ4v) is 3.98. The zero-order chi connectivity index (χ0) is 22.1. The molecule has 7 nitrogen and oxygen atoms in total. The van der Waals surface area contributed by atoms with Gasteiger partial charge in [0.05, 0.1) is 17.5 Å². The molecule has 0 bridgehead atoms. The molecule has 0 saturated carbocycles. The average Bonchev–Trinajstić information content (AvgIpc) is 3.21. The molecule has 10 heteroatoms. The number of rotatable bonds is 4. The second-order valence-electron chi connectivity index (χ2n) is 7.68. The summed E-state index contributed by atoms with van der Waals surface area (Å²) in [5.41, 5.74) is 0.807. The molecule has 3 aromatic heterocycles. The summed E-state index contributed by atoms with van der Waals surface area (Å²) in [5, 5.41) is 15.9. The first-order valence-electron chi connectivity index (χ1n) is 10.3. The third-order valence-electron chi connectivity index (χ3n) is 5.60. The van der Waals surface area contributed by atoms with Gasteiger partial charge < -0.3 is 10.2 Å². The van der Waals surface area contributed by atoms with Gasteiger partial charge in [-0.1, -0.05) is 18.2 Å². The van der Waals surface area contributed by atoms with Gasteiger partial charge in [-0.15, -0.1) is 10.2 Å². The maximum absolute atomic E-state index is 13.3. The van der Waals surface area contributed by atoms with Crippen molar-refractivity contribution < 1.29 is 13.2 Å². The van der Waals surface area contributed by atoms with E-state index < -0.39 is 11.7 Å². The number of fused-ring (bicyclic) bond motifs is 1. The third kappa shape index (κ3) is 3.95. The molecule has 0 radical (unpaired) electrons. The Labute approximate surface area is 181 Å². The minimum atomic E-state index is -4.51. The molecule has 4 aromatic rings. The van der Waals surface area contributed by atoms with Crippen LogP contribution >= 0.6 is 0 Å². The Bertz CT molecular complexity index is 1220. The molecule has 1 aromatic carbocycles. The van der Waals surface area contributed by atoms with Crippen LogP contribution in [0.5, 0.6) is 0 Å². The monoisotopic (exact) mass is 439 g/mol. The normalized spacial score (nSPS) is 15.3. The molecule has 0 spiro atoms. The second-order valence-corrected chi connectivity index (χ2v) is 7.68. The van der Waals surface area contributed by atoms with Gasteiger partial charge in [-0.05, 0) is 43.2 Å². The highest BCUT2D eigenvalue weighted by Gasteiger charge is 2.34.